The highest BCUT2D eigenvalue weighted by atomic mass is 16.5. The molecule has 2 amide bonds. The summed E-state index contributed by atoms with van der Waals surface area (Å²) in [6.07, 6.45) is 5.20. The van der Waals surface area contributed by atoms with E-state index in [1.807, 2.05) is 39.2 Å². The van der Waals surface area contributed by atoms with Gasteiger partial charge in [0.25, 0.3) is 0 Å². The third-order valence-electron chi connectivity index (χ3n) is 4.59. The molecule has 1 aliphatic carbocycles. The number of benzene rings is 1. The molecule has 6 heteroatoms. The molecule has 0 spiro atoms. The van der Waals surface area contributed by atoms with Crippen LogP contribution in [0.25, 0.3) is 0 Å². The lowest BCUT2D eigenvalue weighted by molar-refractivity contribution is 0.211. The van der Waals surface area contributed by atoms with Gasteiger partial charge in [-0.1, -0.05) is 18.2 Å². The van der Waals surface area contributed by atoms with Crippen molar-refractivity contribution in [2.75, 3.05) is 34.9 Å². The van der Waals surface area contributed by atoms with Gasteiger partial charge in [-0.3, -0.25) is 0 Å². The minimum absolute atomic E-state index is 0.0374. The molecule has 1 aliphatic rings. The van der Waals surface area contributed by atoms with Gasteiger partial charge in [-0.15, -0.1) is 0 Å². The Hall–Kier alpha value is -2.21. The lowest BCUT2D eigenvalue weighted by Gasteiger charge is -2.39. The van der Waals surface area contributed by atoms with Crippen molar-refractivity contribution in [3.8, 4) is 11.5 Å². The molecule has 0 aliphatic heterocycles. The first kappa shape index (κ1) is 19.1. The number of carbonyl (C=O) groups is 1. The van der Waals surface area contributed by atoms with Crippen molar-refractivity contribution in [3.63, 3.8) is 0 Å². The molecule has 1 aromatic rings. The van der Waals surface area contributed by atoms with E-state index >= 15 is 0 Å². The standard InChI is InChI=1S/C19H29N3O3/c1-6-20-19(23)21-18-14(8-7-9-15(18)22(2)3)13-10-11-16(24-4)17(12-13)25-5/h7,9-12,14-15,18H,6,8H2,1-5H3,(H2,20,21,23)/t14-,15-,18?/m0/s1. The number of nitrogens with one attached hydrogen (secondary N) is 2. The highest BCUT2D eigenvalue weighted by Crippen LogP contribution is 2.36. The van der Waals surface area contributed by atoms with Crippen LogP contribution in [0.4, 0.5) is 4.79 Å². The van der Waals surface area contributed by atoms with Crippen LogP contribution in [-0.4, -0.2) is 57.9 Å². The molecular weight excluding hydrogens is 318 g/mol. The van der Waals surface area contributed by atoms with E-state index in [4.69, 9.17) is 9.47 Å². The highest BCUT2D eigenvalue weighted by molar-refractivity contribution is 5.74. The number of hydrogen-bond acceptors (Lipinski definition) is 4. The van der Waals surface area contributed by atoms with E-state index in [0.717, 1.165) is 12.0 Å². The van der Waals surface area contributed by atoms with Crippen LogP contribution >= 0.6 is 0 Å². The maximum absolute atomic E-state index is 12.2. The molecule has 0 radical (unpaired) electrons. The van der Waals surface area contributed by atoms with Crippen molar-refractivity contribution in [1.82, 2.24) is 15.5 Å². The van der Waals surface area contributed by atoms with Crippen molar-refractivity contribution in [2.45, 2.75) is 31.3 Å². The minimum Gasteiger partial charge on any atom is -0.493 e. The molecule has 1 aromatic carbocycles. The van der Waals surface area contributed by atoms with Gasteiger partial charge in [0.15, 0.2) is 11.5 Å². The van der Waals surface area contributed by atoms with E-state index in [2.05, 4.69) is 27.7 Å². The van der Waals surface area contributed by atoms with E-state index < -0.39 is 0 Å². The Bertz CT molecular complexity index is 616. The van der Waals surface area contributed by atoms with Crippen LogP contribution in [0.15, 0.2) is 30.4 Å². The van der Waals surface area contributed by atoms with Crippen molar-refractivity contribution in [1.29, 1.82) is 0 Å². The molecule has 2 N–H and O–H groups in total. The number of urea groups is 1. The third-order valence-corrected chi connectivity index (χ3v) is 4.59. The first-order valence-corrected chi connectivity index (χ1v) is 8.61. The molecule has 2 rings (SSSR count). The van der Waals surface area contributed by atoms with E-state index in [0.29, 0.717) is 18.0 Å². The van der Waals surface area contributed by atoms with Crippen LogP contribution in [0.3, 0.4) is 0 Å². The Morgan fingerprint density at radius 3 is 2.56 bits per heavy atom. The van der Waals surface area contributed by atoms with Crippen LogP contribution in [-0.2, 0) is 0 Å². The quantitative estimate of drug-likeness (QED) is 0.776. The van der Waals surface area contributed by atoms with Gasteiger partial charge >= 0.3 is 6.03 Å². The molecule has 0 heterocycles. The fraction of sp³-hybridized carbons (Fsp3) is 0.526. The fourth-order valence-corrected chi connectivity index (χ4v) is 3.34. The second-order valence-corrected chi connectivity index (χ2v) is 6.37. The maximum atomic E-state index is 12.2. The zero-order valence-corrected chi connectivity index (χ0v) is 15.7. The lowest BCUT2D eigenvalue weighted by Crippen LogP contribution is -2.55. The summed E-state index contributed by atoms with van der Waals surface area (Å²) in [5, 5.41) is 5.98. The fourth-order valence-electron chi connectivity index (χ4n) is 3.34. The maximum Gasteiger partial charge on any atom is 0.315 e. The molecule has 0 saturated carbocycles. The third kappa shape index (κ3) is 4.45. The van der Waals surface area contributed by atoms with Crippen molar-refractivity contribution in [2.24, 2.45) is 0 Å². The normalized spacial score (nSPS) is 22.6. The Labute approximate surface area is 150 Å². The van der Waals surface area contributed by atoms with Gasteiger partial charge in [0.05, 0.1) is 20.3 Å². The molecule has 0 saturated heterocycles. The second kappa shape index (κ2) is 8.76. The van der Waals surface area contributed by atoms with Crippen molar-refractivity contribution < 1.29 is 14.3 Å². The van der Waals surface area contributed by atoms with Gasteiger partial charge in [-0.25, -0.2) is 4.79 Å². The summed E-state index contributed by atoms with van der Waals surface area (Å²) in [5.74, 6) is 1.56. The molecule has 138 valence electrons. The number of ether oxygens (including phenoxy) is 2. The molecule has 1 unspecified atom stereocenters. The van der Waals surface area contributed by atoms with Crippen molar-refractivity contribution >= 4 is 6.03 Å². The van der Waals surface area contributed by atoms with Gasteiger partial charge in [-0.05, 0) is 45.1 Å². The largest absolute Gasteiger partial charge is 0.493 e. The molecule has 25 heavy (non-hydrogen) atoms. The monoisotopic (exact) mass is 347 g/mol. The number of nitrogens with zero attached hydrogens (tertiary/aromatic N) is 1. The van der Waals surface area contributed by atoms with E-state index in [-0.39, 0.29) is 24.0 Å². The second-order valence-electron chi connectivity index (χ2n) is 6.37. The average Bonchev–Trinajstić information content (AvgIpc) is 2.61. The minimum atomic E-state index is -0.139. The first-order valence-electron chi connectivity index (χ1n) is 8.61. The molecule has 6 nitrogen and oxygen atoms in total. The average molecular weight is 347 g/mol. The van der Waals surface area contributed by atoms with Gasteiger partial charge < -0.3 is 25.0 Å². The van der Waals surface area contributed by atoms with Gasteiger partial charge in [0.1, 0.15) is 0 Å². The van der Waals surface area contributed by atoms with Crippen LogP contribution in [0, 0.1) is 0 Å². The van der Waals surface area contributed by atoms with Crippen LogP contribution in [0.2, 0.25) is 0 Å². The van der Waals surface area contributed by atoms with Crippen LogP contribution < -0.4 is 20.1 Å². The highest BCUT2D eigenvalue weighted by Gasteiger charge is 2.34. The predicted molar refractivity (Wildman–Crippen MR) is 99.5 cm³/mol. The smallest absolute Gasteiger partial charge is 0.315 e. The molecule has 0 aromatic heterocycles. The number of rotatable bonds is 6. The number of amides is 2. The SMILES string of the molecule is CCNC(=O)NC1[C@H](c2ccc(OC)c(OC)c2)CC=C[C@@H]1N(C)C. The number of likely N-dealkylation sites (N-methyl/N-ethyl adjacent to an activating group) is 1. The first-order chi connectivity index (χ1) is 12.0. The lowest BCUT2D eigenvalue weighted by atomic mass is 9.80. The molecule has 3 atom stereocenters. The summed E-state index contributed by atoms with van der Waals surface area (Å²) < 4.78 is 10.8. The van der Waals surface area contributed by atoms with Crippen molar-refractivity contribution in [3.05, 3.63) is 35.9 Å². The van der Waals surface area contributed by atoms with E-state index in [1.54, 1.807) is 14.2 Å². The van der Waals surface area contributed by atoms with Gasteiger partial charge in [-0.2, -0.15) is 0 Å². The van der Waals surface area contributed by atoms with E-state index in [1.165, 1.54) is 0 Å². The molecule has 0 fully saturated rings. The number of hydrogen-bond donors (Lipinski definition) is 2. The summed E-state index contributed by atoms with van der Waals surface area (Å²) in [7, 11) is 7.31. The summed E-state index contributed by atoms with van der Waals surface area (Å²) in [6.45, 7) is 2.51. The molecular formula is C19H29N3O3. The van der Waals surface area contributed by atoms with Gasteiger partial charge in [0, 0.05) is 18.5 Å². The van der Waals surface area contributed by atoms with Crippen LogP contribution in [0.5, 0.6) is 11.5 Å². The predicted octanol–water partition coefficient (Wildman–Crippen LogP) is 2.37. The Balaban J connectivity index is 2.35. The summed E-state index contributed by atoms with van der Waals surface area (Å²) in [5.41, 5.74) is 1.12. The van der Waals surface area contributed by atoms with Gasteiger partial charge in [0.2, 0.25) is 0 Å². The Kier molecular flexibility index (Phi) is 6.70. The number of allylic oxidation sites excluding steroid dienone is 1. The zero-order chi connectivity index (χ0) is 18.4. The number of methoxy groups -OCH3 is 2. The summed E-state index contributed by atoms with van der Waals surface area (Å²) >= 11 is 0. The zero-order valence-electron chi connectivity index (χ0n) is 15.7. The Morgan fingerprint density at radius 1 is 1.24 bits per heavy atom. The van der Waals surface area contributed by atoms with Crippen LogP contribution in [0.1, 0.15) is 24.8 Å². The number of carbonyl (C=O) groups excluding carboxylic acids is 1. The van der Waals surface area contributed by atoms with E-state index in [9.17, 15) is 4.79 Å². The topological polar surface area (TPSA) is 62.8 Å². The summed E-state index contributed by atoms with van der Waals surface area (Å²) in [4.78, 5) is 14.3. The summed E-state index contributed by atoms with van der Waals surface area (Å²) in [6, 6.07) is 5.91. The molecule has 0 bridgehead atoms. The Morgan fingerprint density at radius 2 is 1.96 bits per heavy atom.